The number of hydrazine groups is 1. The minimum Gasteiger partial charge on any atom is -0.396 e. The second-order valence-electron chi connectivity index (χ2n) is 4.65. The lowest BCUT2D eigenvalue weighted by Gasteiger charge is -2.09. The van der Waals surface area contributed by atoms with Gasteiger partial charge in [-0.1, -0.05) is 39.0 Å². The fourth-order valence-electron chi connectivity index (χ4n) is 1.79. The third-order valence-corrected chi connectivity index (χ3v) is 2.95. The SMILES string of the molecule is CCCCCCCCC(=O)NNc1ccncc1N.Cl. The van der Waals surface area contributed by atoms with Crippen LogP contribution in [0, 0.1) is 0 Å². The third-order valence-electron chi connectivity index (χ3n) is 2.95. The molecule has 0 fully saturated rings. The molecule has 1 heterocycles. The molecule has 0 aliphatic carbocycles. The minimum atomic E-state index is -0.00768. The van der Waals surface area contributed by atoms with Gasteiger partial charge in [0.2, 0.25) is 5.91 Å². The molecule has 0 unspecified atom stereocenters. The zero-order valence-corrected chi connectivity index (χ0v) is 12.8. The van der Waals surface area contributed by atoms with Gasteiger partial charge >= 0.3 is 0 Å². The normalized spacial score (nSPS) is 9.65. The van der Waals surface area contributed by atoms with Gasteiger partial charge in [-0.15, -0.1) is 12.4 Å². The number of anilines is 2. The van der Waals surface area contributed by atoms with Crippen molar-refractivity contribution in [3.63, 3.8) is 0 Å². The number of nitrogens with one attached hydrogen (secondary N) is 2. The molecule has 0 aromatic carbocycles. The maximum Gasteiger partial charge on any atom is 0.238 e. The van der Waals surface area contributed by atoms with E-state index in [2.05, 4.69) is 22.8 Å². The van der Waals surface area contributed by atoms with E-state index in [1.54, 1.807) is 18.5 Å². The second-order valence-corrected chi connectivity index (χ2v) is 4.65. The maximum atomic E-state index is 11.6. The minimum absolute atomic E-state index is 0. The molecule has 5 nitrogen and oxygen atoms in total. The molecule has 20 heavy (non-hydrogen) atoms. The van der Waals surface area contributed by atoms with Gasteiger partial charge in [-0.2, -0.15) is 0 Å². The van der Waals surface area contributed by atoms with Crippen LogP contribution in [0.15, 0.2) is 18.5 Å². The van der Waals surface area contributed by atoms with Crippen molar-refractivity contribution < 1.29 is 4.79 Å². The number of hydrogen-bond donors (Lipinski definition) is 3. The summed E-state index contributed by atoms with van der Waals surface area (Å²) in [6, 6.07) is 1.72. The summed E-state index contributed by atoms with van der Waals surface area (Å²) in [6.45, 7) is 2.20. The van der Waals surface area contributed by atoms with Crippen molar-refractivity contribution >= 4 is 29.7 Å². The van der Waals surface area contributed by atoms with Crippen LogP contribution in [0.2, 0.25) is 0 Å². The molecule has 0 radical (unpaired) electrons. The summed E-state index contributed by atoms with van der Waals surface area (Å²) in [5.41, 5.74) is 12.3. The number of unbranched alkanes of at least 4 members (excludes halogenated alkanes) is 5. The van der Waals surface area contributed by atoms with Crippen molar-refractivity contribution in [1.29, 1.82) is 0 Å². The standard InChI is InChI=1S/C14H24N4O.ClH/c1-2-3-4-5-6-7-8-14(19)18-17-13-9-10-16-11-12(13)15;/h9-11H,2-8,15H2,1H3,(H,16,17)(H,18,19);1H. The highest BCUT2D eigenvalue weighted by Crippen LogP contribution is 2.13. The average Bonchev–Trinajstić information content (AvgIpc) is 2.42. The predicted molar refractivity (Wildman–Crippen MR) is 85.7 cm³/mol. The Bertz CT molecular complexity index is 387. The highest BCUT2D eigenvalue weighted by molar-refractivity contribution is 5.85. The van der Waals surface area contributed by atoms with E-state index in [9.17, 15) is 4.79 Å². The van der Waals surface area contributed by atoms with Crippen LogP contribution >= 0.6 is 12.4 Å². The first-order chi connectivity index (χ1) is 9.24. The Labute approximate surface area is 127 Å². The van der Waals surface area contributed by atoms with Crippen molar-refractivity contribution in [2.24, 2.45) is 0 Å². The Morgan fingerprint density at radius 3 is 2.65 bits per heavy atom. The Hall–Kier alpha value is -1.49. The topological polar surface area (TPSA) is 80.0 Å². The fourth-order valence-corrected chi connectivity index (χ4v) is 1.79. The molecule has 0 spiro atoms. The number of hydrogen-bond acceptors (Lipinski definition) is 4. The van der Waals surface area contributed by atoms with Gasteiger partial charge in [-0.25, -0.2) is 0 Å². The summed E-state index contributed by atoms with van der Waals surface area (Å²) in [5, 5.41) is 0. The quantitative estimate of drug-likeness (QED) is 0.483. The number of nitrogens with two attached hydrogens (primary N) is 1. The zero-order valence-electron chi connectivity index (χ0n) is 12.0. The Morgan fingerprint density at radius 1 is 1.25 bits per heavy atom. The zero-order chi connectivity index (χ0) is 13.9. The average molecular weight is 301 g/mol. The van der Waals surface area contributed by atoms with Gasteiger partial charge in [0.05, 0.1) is 17.6 Å². The molecule has 1 aromatic heterocycles. The molecule has 1 amide bonds. The number of amides is 1. The lowest BCUT2D eigenvalue weighted by atomic mass is 10.1. The smallest absolute Gasteiger partial charge is 0.238 e. The molecule has 0 aliphatic rings. The van der Waals surface area contributed by atoms with Crippen LogP contribution in [-0.2, 0) is 4.79 Å². The van der Waals surface area contributed by atoms with Crippen LogP contribution < -0.4 is 16.6 Å². The second kappa shape index (κ2) is 11.3. The van der Waals surface area contributed by atoms with Crippen LogP contribution in [0.1, 0.15) is 51.9 Å². The number of aromatic nitrogens is 1. The number of carbonyl (C=O) groups excluding carboxylic acids is 1. The molecular weight excluding hydrogens is 276 g/mol. The molecule has 1 aromatic rings. The maximum absolute atomic E-state index is 11.6. The lowest BCUT2D eigenvalue weighted by Crippen LogP contribution is -2.29. The van der Waals surface area contributed by atoms with E-state index in [0.29, 0.717) is 17.8 Å². The van der Waals surface area contributed by atoms with E-state index in [0.717, 1.165) is 12.8 Å². The van der Waals surface area contributed by atoms with E-state index in [1.165, 1.54) is 25.7 Å². The van der Waals surface area contributed by atoms with Gasteiger partial charge in [0.1, 0.15) is 0 Å². The largest absolute Gasteiger partial charge is 0.396 e. The highest BCUT2D eigenvalue weighted by Gasteiger charge is 2.02. The van der Waals surface area contributed by atoms with Gasteiger partial charge in [-0.05, 0) is 12.5 Å². The van der Waals surface area contributed by atoms with Crippen molar-refractivity contribution in [1.82, 2.24) is 10.4 Å². The summed E-state index contributed by atoms with van der Waals surface area (Å²) in [7, 11) is 0. The fraction of sp³-hybridized carbons (Fsp3) is 0.571. The first kappa shape index (κ1) is 18.5. The molecule has 0 saturated heterocycles. The molecule has 0 bridgehead atoms. The van der Waals surface area contributed by atoms with Crippen LogP contribution in [-0.4, -0.2) is 10.9 Å². The Balaban J connectivity index is 0.00000361. The van der Waals surface area contributed by atoms with E-state index in [1.807, 2.05) is 0 Å². The predicted octanol–water partition coefficient (Wildman–Crippen LogP) is 3.28. The molecular formula is C14H25ClN4O. The monoisotopic (exact) mass is 300 g/mol. The van der Waals surface area contributed by atoms with Gasteiger partial charge < -0.3 is 5.73 Å². The molecule has 1 rings (SSSR count). The van der Waals surface area contributed by atoms with E-state index in [4.69, 9.17) is 5.73 Å². The summed E-state index contributed by atoms with van der Waals surface area (Å²) >= 11 is 0. The van der Waals surface area contributed by atoms with E-state index >= 15 is 0 Å². The Kier molecular flexibility index (Phi) is 10.5. The number of rotatable bonds is 9. The van der Waals surface area contributed by atoms with Gasteiger partial charge in [0.25, 0.3) is 0 Å². The summed E-state index contributed by atoms with van der Waals surface area (Å²) < 4.78 is 0. The van der Waals surface area contributed by atoms with Gasteiger partial charge in [0.15, 0.2) is 0 Å². The van der Waals surface area contributed by atoms with Crippen LogP contribution in [0.4, 0.5) is 11.4 Å². The third kappa shape index (κ3) is 7.84. The molecule has 4 N–H and O–H groups in total. The number of carbonyl (C=O) groups is 1. The van der Waals surface area contributed by atoms with Crippen LogP contribution in [0.25, 0.3) is 0 Å². The van der Waals surface area contributed by atoms with Crippen molar-refractivity contribution in [3.05, 3.63) is 18.5 Å². The van der Waals surface area contributed by atoms with Crippen molar-refractivity contribution in [3.8, 4) is 0 Å². The number of nitrogen functional groups attached to an aromatic ring is 1. The van der Waals surface area contributed by atoms with Crippen molar-refractivity contribution in [2.45, 2.75) is 51.9 Å². The molecule has 0 saturated carbocycles. The van der Waals surface area contributed by atoms with Crippen LogP contribution in [0.3, 0.4) is 0 Å². The molecule has 0 aliphatic heterocycles. The number of pyridine rings is 1. The number of halogens is 1. The first-order valence-corrected chi connectivity index (χ1v) is 6.98. The Morgan fingerprint density at radius 2 is 1.95 bits per heavy atom. The highest BCUT2D eigenvalue weighted by atomic mass is 35.5. The van der Waals surface area contributed by atoms with Crippen LogP contribution in [0.5, 0.6) is 0 Å². The molecule has 0 atom stereocenters. The van der Waals surface area contributed by atoms with Gasteiger partial charge in [0, 0.05) is 12.6 Å². The summed E-state index contributed by atoms with van der Waals surface area (Å²) in [6.07, 6.45) is 10.8. The van der Waals surface area contributed by atoms with Crippen molar-refractivity contribution in [2.75, 3.05) is 11.2 Å². The molecule has 6 heteroatoms. The van der Waals surface area contributed by atoms with E-state index < -0.39 is 0 Å². The lowest BCUT2D eigenvalue weighted by molar-refractivity contribution is -0.120. The molecule has 114 valence electrons. The number of nitrogens with zero attached hydrogens (tertiary/aromatic N) is 1. The summed E-state index contributed by atoms with van der Waals surface area (Å²) in [4.78, 5) is 15.5. The first-order valence-electron chi connectivity index (χ1n) is 6.98. The van der Waals surface area contributed by atoms with Gasteiger partial charge in [-0.3, -0.25) is 20.6 Å². The summed E-state index contributed by atoms with van der Waals surface area (Å²) in [5.74, 6) is -0.00768. The van der Waals surface area contributed by atoms with E-state index in [-0.39, 0.29) is 18.3 Å².